The molecule has 2 heterocycles. The quantitative estimate of drug-likeness (QED) is 0.116. The van der Waals surface area contributed by atoms with E-state index in [9.17, 15) is 19.2 Å². The summed E-state index contributed by atoms with van der Waals surface area (Å²) in [4.78, 5) is 57.0. The minimum atomic E-state index is -0.326. The van der Waals surface area contributed by atoms with Crippen molar-refractivity contribution in [1.82, 2.24) is 9.80 Å². The third-order valence-electron chi connectivity index (χ3n) is 8.79. The predicted molar refractivity (Wildman–Crippen MR) is 154 cm³/mol. The summed E-state index contributed by atoms with van der Waals surface area (Å²) >= 11 is 0. The monoisotopic (exact) mass is 532 g/mol. The molecular formula is C33H28N2O5. The highest BCUT2D eigenvalue weighted by atomic mass is 16.5. The van der Waals surface area contributed by atoms with Crippen molar-refractivity contribution in [3.05, 3.63) is 70.8 Å². The normalized spacial score (nSPS) is 16.1. The maximum atomic E-state index is 13.7. The Morgan fingerprint density at radius 2 is 1.00 bits per heavy atom. The lowest BCUT2D eigenvalue weighted by atomic mass is 9.82. The number of carbonyl (C=O) groups excluding carboxylic acids is 4. The van der Waals surface area contributed by atoms with Gasteiger partial charge in [0.15, 0.2) is 0 Å². The van der Waals surface area contributed by atoms with Crippen molar-refractivity contribution in [2.45, 2.75) is 33.7 Å². The van der Waals surface area contributed by atoms with Crippen LogP contribution in [-0.2, 0) is 4.74 Å². The molecule has 0 N–H and O–H groups in total. The van der Waals surface area contributed by atoms with Gasteiger partial charge in [0.05, 0.1) is 13.2 Å². The fraction of sp³-hybridized carbons (Fsp3) is 0.273. The number of amides is 4. The van der Waals surface area contributed by atoms with Crippen LogP contribution in [0.1, 0.15) is 69.1 Å². The number of hydrogen-bond donors (Lipinski definition) is 0. The molecular weight excluding hydrogens is 504 g/mol. The third-order valence-corrected chi connectivity index (χ3v) is 8.79. The van der Waals surface area contributed by atoms with Gasteiger partial charge in [-0.1, -0.05) is 38.1 Å². The number of rotatable bonds is 6. The van der Waals surface area contributed by atoms with Crippen LogP contribution in [0.15, 0.2) is 48.5 Å². The highest BCUT2D eigenvalue weighted by molar-refractivity contribution is 6.41. The lowest BCUT2D eigenvalue weighted by molar-refractivity contribution is 0.0506. The number of nitrogens with zero attached hydrogens (tertiary/aromatic N) is 2. The predicted octanol–water partition coefficient (Wildman–Crippen LogP) is 6.01. The van der Waals surface area contributed by atoms with Gasteiger partial charge in [-0.25, -0.2) is 0 Å². The van der Waals surface area contributed by atoms with E-state index in [-0.39, 0.29) is 48.7 Å². The molecule has 1 unspecified atom stereocenters. The second kappa shape index (κ2) is 8.57. The minimum absolute atomic E-state index is 0.120. The van der Waals surface area contributed by atoms with Crippen molar-refractivity contribution >= 4 is 66.7 Å². The van der Waals surface area contributed by atoms with Crippen molar-refractivity contribution in [2.75, 3.05) is 19.8 Å². The van der Waals surface area contributed by atoms with Crippen LogP contribution in [0.5, 0.6) is 0 Å². The minimum Gasteiger partial charge on any atom is -0.380 e. The largest absolute Gasteiger partial charge is 0.380 e. The molecule has 2 aliphatic heterocycles. The summed E-state index contributed by atoms with van der Waals surface area (Å²) in [5.74, 6) is -1.09. The molecule has 40 heavy (non-hydrogen) atoms. The number of benzene rings is 5. The summed E-state index contributed by atoms with van der Waals surface area (Å²) in [6.07, 6.45) is 0. The lowest BCUT2D eigenvalue weighted by Gasteiger charge is -2.34. The Bertz CT molecular complexity index is 1840. The second-order valence-corrected chi connectivity index (χ2v) is 11.1. The zero-order valence-electron chi connectivity index (χ0n) is 22.8. The summed E-state index contributed by atoms with van der Waals surface area (Å²) in [7, 11) is 0. The Morgan fingerprint density at radius 3 is 1.38 bits per heavy atom. The van der Waals surface area contributed by atoms with E-state index in [4.69, 9.17) is 4.74 Å². The third kappa shape index (κ3) is 3.04. The molecule has 1 atom stereocenters. The zero-order chi connectivity index (χ0) is 28.0. The number of ether oxygens (including phenoxy) is 1. The van der Waals surface area contributed by atoms with Crippen LogP contribution < -0.4 is 0 Å². The lowest BCUT2D eigenvalue weighted by Crippen LogP contribution is -2.47. The summed E-state index contributed by atoms with van der Waals surface area (Å²) in [5, 5.41) is 6.57. The number of fused-ring (bicyclic) bond motifs is 2. The van der Waals surface area contributed by atoms with Crippen molar-refractivity contribution in [1.29, 1.82) is 0 Å². The van der Waals surface area contributed by atoms with Crippen LogP contribution in [0, 0.1) is 5.92 Å². The molecule has 0 fully saturated rings. The molecule has 0 bridgehead atoms. The van der Waals surface area contributed by atoms with E-state index in [1.807, 2.05) is 64.1 Å². The maximum absolute atomic E-state index is 13.7. The molecule has 0 radical (unpaired) electrons. The summed E-state index contributed by atoms with van der Waals surface area (Å²) in [5.41, 5.74) is 2.02. The molecule has 0 spiro atoms. The van der Waals surface area contributed by atoms with Crippen LogP contribution in [0.2, 0.25) is 0 Å². The van der Waals surface area contributed by atoms with Gasteiger partial charge in [0.25, 0.3) is 23.6 Å². The van der Waals surface area contributed by atoms with Crippen LogP contribution in [-0.4, -0.2) is 59.2 Å². The van der Waals surface area contributed by atoms with E-state index in [0.29, 0.717) is 39.6 Å². The van der Waals surface area contributed by atoms with Gasteiger partial charge in [-0.3, -0.25) is 29.0 Å². The van der Waals surface area contributed by atoms with E-state index in [2.05, 4.69) is 0 Å². The Hall–Kier alpha value is -4.36. The van der Waals surface area contributed by atoms with E-state index in [0.717, 1.165) is 32.3 Å². The molecule has 7 rings (SSSR count). The Balaban J connectivity index is 1.51. The first-order valence-corrected chi connectivity index (χ1v) is 13.8. The van der Waals surface area contributed by atoms with E-state index in [1.165, 1.54) is 9.80 Å². The Kier molecular flexibility index (Phi) is 5.28. The van der Waals surface area contributed by atoms with Gasteiger partial charge in [0, 0.05) is 45.7 Å². The molecule has 0 aromatic heterocycles. The number of carbonyl (C=O) groups is 4. The van der Waals surface area contributed by atoms with Gasteiger partial charge in [-0.05, 0) is 76.3 Å². The van der Waals surface area contributed by atoms with Crippen molar-refractivity contribution in [3.63, 3.8) is 0 Å². The molecule has 2 aliphatic rings. The summed E-state index contributed by atoms with van der Waals surface area (Å²) in [6.45, 7) is 8.78. The van der Waals surface area contributed by atoms with Crippen molar-refractivity contribution in [3.8, 4) is 0 Å². The van der Waals surface area contributed by atoms with Crippen molar-refractivity contribution in [2.24, 2.45) is 5.92 Å². The molecule has 200 valence electrons. The maximum Gasteiger partial charge on any atom is 0.261 e. The van der Waals surface area contributed by atoms with E-state index >= 15 is 0 Å². The fourth-order valence-electron chi connectivity index (χ4n) is 6.51. The molecule has 7 nitrogen and oxygen atoms in total. The topological polar surface area (TPSA) is 84.0 Å². The first kappa shape index (κ1) is 24.7. The number of hydrogen-bond acceptors (Lipinski definition) is 5. The standard InChI is InChI=1S/C33H28N2O5/c1-5-40-15-14-34-30(36)22-10-6-18-20-8-12-24-29-25(33(39)35(32(24)38)17(4)16(2)3)13-9-21(27(20)29)19-7-11-23(31(34)37)28(22)26(18)19/h6-13,16-17H,5,14-15H2,1-4H3. The average molecular weight is 533 g/mol. The van der Waals surface area contributed by atoms with Gasteiger partial charge in [-0.2, -0.15) is 0 Å². The first-order chi connectivity index (χ1) is 19.3. The van der Waals surface area contributed by atoms with Gasteiger partial charge in [-0.15, -0.1) is 0 Å². The second-order valence-electron chi connectivity index (χ2n) is 11.1. The molecule has 0 saturated carbocycles. The SMILES string of the molecule is CCOCCN1C(=O)c2ccc3c4ccc5c6c(ccc(c7ccc(c2c37)C1=O)c64)C(=O)N(C(C)C(C)C)C5=O. The van der Waals surface area contributed by atoms with Gasteiger partial charge in [0.2, 0.25) is 0 Å². The molecule has 0 aliphatic carbocycles. The van der Waals surface area contributed by atoms with E-state index < -0.39 is 0 Å². The van der Waals surface area contributed by atoms with E-state index in [1.54, 1.807) is 12.1 Å². The Labute approximate surface area is 230 Å². The highest BCUT2D eigenvalue weighted by Gasteiger charge is 2.38. The molecule has 5 aromatic carbocycles. The smallest absolute Gasteiger partial charge is 0.261 e. The zero-order valence-corrected chi connectivity index (χ0v) is 22.8. The van der Waals surface area contributed by atoms with Crippen LogP contribution in [0.3, 0.4) is 0 Å². The Morgan fingerprint density at radius 1 is 0.600 bits per heavy atom. The molecule has 5 aromatic rings. The molecule has 0 saturated heterocycles. The average Bonchev–Trinajstić information content (AvgIpc) is 2.95. The summed E-state index contributed by atoms with van der Waals surface area (Å²) in [6, 6.07) is 14.7. The van der Waals surface area contributed by atoms with Gasteiger partial charge in [0.1, 0.15) is 0 Å². The highest BCUT2D eigenvalue weighted by Crippen LogP contribution is 2.46. The molecule has 7 heteroatoms. The first-order valence-electron chi connectivity index (χ1n) is 13.8. The molecule has 4 amide bonds. The van der Waals surface area contributed by atoms with Crippen LogP contribution >= 0.6 is 0 Å². The van der Waals surface area contributed by atoms with Crippen LogP contribution in [0.25, 0.3) is 43.1 Å². The number of imide groups is 2. The van der Waals surface area contributed by atoms with Crippen LogP contribution in [0.4, 0.5) is 0 Å². The fourth-order valence-corrected chi connectivity index (χ4v) is 6.51. The van der Waals surface area contributed by atoms with Crippen molar-refractivity contribution < 1.29 is 23.9 Å². The van der Waals surface area contributed by atoms with Gasteiger partial charge < -0.3 is 4.74 Å². The summed E-state index contributed by atoms with van der Waals surface area (Å²) < 4.78 is 5.41. The van der Waals surface area contributed by atoms with Gasteiger partial charge >= 0.3 is 0 Å².